The molecule has 0 unspecified atom stereocenters. The number of aromatic nitrogens is 3. The normalized spacial score (nSPS) is 23.7. The third-order valence-corrected chi connectivity index (χ3v) is 9.07. The molecule has 0 radical (unpaired) electrons. The number of hydrogen-bond acceptors (Lipinski definition) is 6. The summed E-state index contributed by atoms with van der Waals surface area (Å²) in [7, 11) is -2.96. The van der Waals surface area contributed by atoms with Crippen LogP contribution in [0.5, 0.6) is 0 Å². The lowest BCUT2D eigenvalue weighted by atomic mass is 9.95. The molecule has 10 heteroatoms. The maximum atomic E-state index is 15.3. The Hall–Kier alpha value is -2.14. The average Bonchev–Trinajstić information content (AvgIpc) is 3.34. The molecule has 3 rings (SSSR count). The SMILES string of the molecule is C[C@@H]1[C@@H]([Si](C)(C)F)[C@H](CCn2cc(CCO)nn2)O[C@@H]1CCc1cccc(NC(=O)[C@H](C)O)c1. The molecule has 34 heavy (non-hydrogen) atoms. The summed E-state index contributed by atoms with van der Waals surface area (Å²) in [5, 5.41) is 29.3. The predicted octanol–water partition coefficient (Wildman–Crippen LogP) is 3.10. The van der Waals surface area contributed by atoms with Gasteiger partial charge >= 0.3 is 0 Å². The fourth-order valence-electron chi connectivity index (χ4n) is 4.95. The van der Waals surface area contributed by atoms with Crippen LogP contribution in [0, 0.1) is 5.92 Å². The number of nitrogens with zero attached hydrogens (tertiary/aromatic N) is 3. The number of carbonyl (C=O) groups excluding carboxylic acids is 1. The smallest absolute Gasteiger partial charge is 0.252 e. The molecule has 0 saturated carbocycles. The first-order chi connectivity index (χ1) is 16.1. The summed E-state index contributed by atoms with van der Waals surface area (Å²) in [6, 6.07) is 7.56. The predicted molar refractivity (Wildman–Crippen MR) is 131 cm³/mol. The molecule has 2 aromatic rings. The molecule has 3 N–H and O–H groups in total. The number of carbonyl (C=O) groups is 1. The first-order valence-corrected chi connectivity index (χ1v) is 15.0. The first kappa shape index (κ1) is 26.5. The number of aliphatic hydroxyl groups excluding tert-OH is 2. The quantitative estimate of drug-likeness (QED) is 0.329. The monoisotopic (exact) mass is 492 g/mol. The maximum Gasteiger partial charge on any atom is 0.252 e. The van der Waals surface area contributed by atoms with E-state index >= 15 is 4.11 Å². The molecule has 2 heterocycles. The van der Waals surface area contributed by atoms with Crippen LogP contribution >= 0.6 is 0 Å². The number of aryl methyl sites for hydroxylation is 2. The Morgan fingerprint density at radius 3 is 2.74 bits per heavy atom. The van der Waals surface area contributed by atoms with Crippen LogP contribution in [0.25, 0.3) is 0 Å². The summed E-state index contributed by atoms with van der Waals surface area (Å²) in [5.74, 6) is -0.336. The molecular weight excluding hydrogens is 455 g/mol. The second-order valence-electron chi connectivity index (χ2n) is 9.80. The number of aliphatic hydroxyl groups is 2. The highest BCUT2D eigenvalue weighted by Gasteiger charge is 2.50. The minimum absolute atomic E-state index is 0.0309. The minimum atomic E-state index is -2.96. The molecule has 1 amide bonds. The molecule has 1 aromatic carbocycles. The van der Waals surface area contributed by atoms with Crippen LogP contribution < -0.4 is 5.32 Å². The molecule has 188 valence electrons. The fourth-order valence-corrected chi connectivity index (χ4v) is 7.54. The van der Waals surface area contributed by atoms with E-state index in [9.17, 15) is 9.90 Å². The molecule has 0 bridgehead atoms. The number of nitrogens with one attached hydrogen (secondary N) is 1. The van der Waals surface area contributed by atoms with Gasteiger partial charge in [-0.1, -0.05) is 24.3 Å². The number of ether oxygens (including phenoxy) is 1. The molecule has 0 spiro atoms. The van der Waals surface area contributed by atoms with Crippen molar-refractivity contribution in [2.45, 2.75) is 83.0 Å². The summed E-state index contributed by atoms with van der Waals surface area (Å²) in [4.78, 5) is 11.8. The molecule has 1 saturated heterocycles. The summed E-state index contributed by atoms with van der Waals surface area (Å²) in [6.45, 7) is 7.67. The molecule has 8 nitrogen and oxygen atoms in total. The Morgan fingerprint density at radius 1 is 1.29 bits per heavy atom. The molecule has 1 fully saturated rings. The molecule has 5 atom stereocenters. The van der Waals surface area contributed by atoms with E-state index in [1.807, 2.05) is 24.4 Å². The number of rotatable bonds is 11. The minimum Gasteiger partial charge on any atom is -0.396 e. The topological polar surface area (TPSA) is 110 Å². The van der Waals surface area contributed by atoms with Crippen LogP contribution in [0.15, 0.2) is 30.5 Å². The number of amides is 1. The van der Waals surface area contributed by atoms with Crippen molar-refractivity contribution in [2.75, 3.05) is 11.9 Å². The van der Waals surface area contributed by atoms with Gasteiger partial charge in [-0.3, -0.25) is 9.48 Å². The highest BCUT2D eigenvalue weighted by atomic mass is 28.4. The van der Waals surface area contributed by atoms with Gasteiger partial charge in [0, 0.05) is 37.0 Å². The van der Waals surface area contributed by atoms with E-state index in [1.54, 1.807) is 23.8 Å². The van der Waals surface area contributed by atoms with Gasteiger partial charge in [0.25, 0.3) is 5.91 Å². The van der Waals surface area contributed by atoms with E-state index in [-0.39, 0.29) is 30.3 Å². The second kappa shape index (κ2) is 11.5. The number of anilines is 1. The highest BCUT2D eigenvalue weighted by Crippen LogP contribution is 2.47. The van der Waals surface area contributed by atoms with Crippen LogP contribution in [-0.4, -0.2) is 64.4 Å². The van der Waals surface area contributed by atoms with E-state index in [1.165, 1.54) is 6.92 Å². The first-order valence-electron chi connectivity index (χ1n) is 12.0. The van der Waals surface area contributed by atoms with Crippen LogP contribution in [0.2, 0.25) is 18.6 Å². The van der Waals surface area contributed by atoms with Gasteiger partial charge in [0.1, 0.15) is 6.10 Å². The Balaban J connectivity index is 1.62. The molecule has 1 aliphatic rings. The number of benzene rings is 1. The van der Waals surface area contributed by atoms with Crippen molar-refractivity contribution >= 4 is 20.0 Å². The van der Waals surface area contributed by atoms with Crippen molar-refractivity contribution in [1.82, 2.24) is 15.0 Å². The number of halogens is 1. The van der Waals surface area contributed by atoms with E-state index in [4.69, 9.17) is 9.84 Å². The second-order valence-corrected chi connectivity index (χ2v) is 13.6. The van der Waals surface area contributed by atoms with Crippen molar-refractivity contribution in [1.29, 1.82) is 0 Å². The fraction of sp³-hybridized carbons (Fsp3) is 0.625. The molecule has 1 aliphatic heterocycles. The zero-order valence-corrected chi connectivity index (χ0v) is 21.4. The summed E-state index contributed by atoms with van der Waals surface area (Å²) in [6.07, 6.45) is 3.16. The van der Waals surface area contributed by atoms with Crippen molar-refractivity contribution in [3.63, 3.8) is 0 Å². The third kappa shape index (κ3) is 6.94. The number of hydrogen-bond donors (Lipinski definition) is 3. The average molecular weight is 493 g/mol. The van der Waals surface area contributed by atoms with Crippen LogP contribution in [0.4, 0.5) is 9.80 Å². The van der Waals surface area contributed by atoms with Crippen molar-refractivity contribution in [3.05, 3.63) is 41.7 Å². The van der Waals surface area contributed by atoms with E-state index in [0.29, 0.717) is 25.1 Å². The van der Waals surface area contributed by atoms with Gasteiger partial charge in [-0.2, -0.15) is 0 Å². The molecule has 1 aromatic heterocycles. The highest BCUT2D eigenvalue weighted by molar-refractivity contribution is 6.72. The Labute approximate surface area is 201 Å². The van der Waals surface area contributed by atoms with Crippen LogP contribution in [0.3, 0.4) is 0 Å². The molecule has 0 aliphatic carbocycles. The van der Waals surface area contributed by atoms with Gasteiger partial charge in [-0.05, 0) is 62.9 Å². The van der Waals surface area contributed by atoms with Gasteiger partial charge in [-0.15, -0.1) is 5.10 Å². The van der Waals surface area contributed by atoms with E-state index in [0.717, 1.165) is 24.1 Å². The lowest BCUT2D eigenvalue weighted by Crippen LogP contribution is -2.36. The van der Waals surface area contributed by atoms with Gasteiger partial charge in [0.2, 0.25) is 8.41 Å². The Kier molecular flexibility index (Phi) is 8.97. The van der Waals surface area contributed by atoms with Crippen molar-refractivity contribution in [2.24, 2.45) is 5.92 Å². The summed E-state index contributed by atoms with van der Waals surface area (Å²) < 4.78 is 23.5. The maximum absolute atomic E-state index is 15.3. The van der Waals surface area contributed by atoms with Crippen LogP contribution in [0.1, 0.15) is 37.9 Å². The Morgan fingerprint density at radius 2 is 2.06 bits per heavy atom. The summed E-state index contributed by atoms with van der Waals surface area (Å²) in [5.41, 5.74) is 2.33. The molecular formula is C24H37FN4O4Si. The van der Waals surface area contributed by atoms with Crippen molar-refractivity contribution in [3.8, 4) is 0 Å². The zero-order chi connectivity index (χ0) is 24.9. The van der Waals surface area contributed by atoms with Gasteiger partial charge < -0.3 is 24.4 Å². The lowest BCUT2D eigenvalue weighted by molar-refractivity contribution is -0.123. The van der Waals surface area contributed by atoms with Crippen molar-refractivity contribution < 1.29 is 23.9 Å². The van der Waals surface area contributed by atoms with Gasteiger partial charge in [-0.25, -0.2) is 0 Å². The third-order valence-electron chi connectivity index (χ3n) is 6.58. The lowest BCUT2D eigenvalue weighted by Gasteiger charge is -2.28. The van der Waals surface area contributed by atoms with Gasteiger partial charge in [0.05, 0.1) is 17.9 Å². The van der Waals surface area contributed by atoms with Crippen LogP contribution in [-0.2, 0) is 28.9 Å². The van der Waals surface area contributed by atoms with E-state index < -0.39 is 20.4 Å². The summed E-state index contributed by atoms with van der Waals surface area (Å²) >= 11 is 0. The van der Waals surface area contributed by atoms with E-state index in [2.05, 4.69) is 22.6 Å². The van der Waals surface area contributed by atoms with Gasteiger partial charge in [0.15, 0.2) is 0 Å². The zero-order valence-electron chi connectivity index (χ0n) is 20.4. The largest absolute Gasteiger partial charge is 0.396 e. The standard InChI is InChI=1S/C24H37FN4O4Si/c1-16-21(9-8-18-6-5-7-19(14-18)26-24(32)17(2)31)33-22(23(16)34(3,4)25)10-12-29-15-20(11-13-30)27-28-29/h5-7,14-17,21-23,30-31H,8-13H2,1-4H3,(H,26,32)/t16-,17-,21+,22-,23+/m0/s1. The Bertz CT molecular complexity index is 949.